The number of aliphatic hydroxyl groups is 1. The summed E-state index contributed by atoms with van der Waals surface area (Å²) in [4.78, 5) is 21.4. The number of thioether (sulfide) groups is 2. The van der Waals surface area contributed by atoms with Crippen molar-refractivity contribution in [3.8, 4) is 0 Å². The number of carboxylic acids is 2. The van der Waals surface area contributed by atoms with E-state index in [4.69, 9.17) is 0 Å². The monoisotopic (exact) mass is 534 g/mol. The lowest BCUT2D eigenvalue weighted by atomic mass is 10.1. The minimum Gasteiger partial charge on any atom is -0.480 e. The zero-order valence-corrected chi connectivity index (χ0v) is 24.2. The van der Waals surface area contributed by atoms with Crippen LogP contribution in [0.4, 0.5) is 0 Å². The first-order chi connectivity index (χ1) is 16.9. The summed E-state index contributed by atoms with van der Waals surface area (Å²) in [6.45, 7) is 4.45. The molecule has 0 saturated heterocycles. The van der Waals surface area contributed by atoms with Gasteiger partial charge in [-0.15, -0.1) is 23.5 Å². The Morgan fingerprint density at radius 1 is 0.600 bits per heavy atom. The predicted octanol–water partition coefficient (Wildman–Crippen LogP) is 8.52. The molecule has 7 heteroatoms. The zero-order chi connectivity index (χ0) is 26.2. The predicted molar refractivity (Wildman–Crippen MR) is 153 cm³/mol. The van der Waals surface area contributed by atoms with Crippen molar-refractivity contribution in [1.29, 1.82) is 0 Å². The fraction of sp³-hybridized carbons (Fsp3) is 0.929. The molecule has 0 radical (unpaired) electrons. The molecule has 208 valence electrons. The van der Waals surface area contributed by atoms with Crippen LogP contribution >= 0.6 is 23.5 Å². The zero-order valence-electron chi connectivity index (χ0n) is 22.6. The maximum Gasteiger partial charge on any atom is 0.348 e. The minimum atomic E-state index is -2.28. The smallest absolute Gasteiger partial charge is 0.348 e. The summed E-state index contributed by atoms with van der Waals surface area (Å²) in [5.41, 5.74) is 0. The van der Waals surface area contributed by atoms with Gasteiger partial charge in [0.2, 0.25) is 4.93 Å². The molecule has 2 unspecified atom stereocenters. The van der Waals surface area contributed by atoms with Crippen LogP contribution in [0.3, 0.4) is 0 Å². The van der Waals surface area contributed by atoms with Gasteiger partial charge in [-0.05, 0) is 24.3 Å². The number of hydrogen-bond donors (Lipinski definition) is 3. The van der Waals surface area contributed by atoms with Gasteiger partial charge < -0.3 is 15.3 Å². The third-order valence-corrected chi connectivity index (χ3v) is 9.38. The Bertz CT molecular complexity index is 518. The fourth-order valence-electron chi connectivity index (χ4n) is 4.21. The Kier molecular flexibility index (Phi) is 23.7. The largest absolute Gasteiger partial charge is 0.480 e. The highest BCUT2D eigenvalue weighted by atomic mass is 32.2. The van der Waals surface area contributed by atoms with Crippen LogP contribution in [0.2, 0.25) is 0 Å². The highest BCUT2D eigenvalue weighted by Crippen LogP contribution is 2.36. The molecule has 0 amide bonds. The van der Waals surface area contributed by atoms with Crippen molar-refractivity contribution in [1.82, 2.24) is 0 Å². The summed E-state index contributed by atoms with van der Waals surface area (Å²) >= 11 is 1.96. The summed E-state index contributed by atoms with van der Waals surface area (Å²) in [6, 6.07) is 0. The standard InChI is InChI=1S/C28H54O5S2/c1-3-5-7-9-11-13-15-17-19-21-23-34-25(26(29)30)28(33,27(31)32)35-24-22-20-18-16-14-12-10-8-6-4-2/h25,33H,3-24H2,1-2H3,(H,29,30)(H,31,32). The second kappa shape index (κ2) is 24.0. The molecule has 0 saturated carbocycles. The van der Waals surface area contributed by atoms with Crippen molar-refractivity contribution in [3.63, 3.8) is 0 Å². The Morgan fingerprint density at radius 3 is 1.29 bits per heavy atom. The topological polar surface area (TPSA) is 94.8 Å². The van der Waals surface area contributed by atoms with Crippen LogP contribution in [0.25, 0.3) is 0 Å². The molecule has 0 rings (SSSR count). The summed E-state index contributed by atoms with van der Waals surface area (Å²) in [7, 11) is 0. The van der Waals surface area contributed by atoms with Crippen molar-refractivity contribution >= 4 is 35.5 Å². The van der Waals surface area contributed by atoms with Crippen molar-refractivity contribution in [2.75, 3.05) is 11.5 Å². The molecule has 3 N–H and O–H groups in total. The fourth-order valence-corrected chi connectivity index (χ4v) is 6.73. The van der Waals surface area contributed by atoms with E-state index >= 15 is 0 Å². The van der Waals surface area contributed by atoms with Gasteiger partial charge in [-0.1, -0.05) is 129 Å². The highest BCUT2D eigenvalue weighted by Gasteiger charge is 2.49. The van der Waals surface area contributed by atoms with Crippen LogP contribution in [0.5, 0.6) is 0 Å². The van der Waals surface area contributed by atoms with Gasteiger partial charge in [0.05, 0.1) is 0 Å². The van der Waals surface area contributed by atoms with Gasteiger partial charge in [-0.3, -0.25) is 4.79 Å². The number of unbranched alkanes of at least 4 members (excludes halogenated alkanes) is 18. The summed E-state index contributed by atoms with van der Waals surface area (Å²) in [6.07, 6.45) is 23.8. The third kappa shape index (κ3) is 18.5. The Balaban J connectivity index is 4.12. The van der Waals surface area contributed by atoms with Crippen molar-refractivity contribution < 1.29 is 24.9 Å². The van der Waals surface area contributed by atoms with Crippen LogP contribution in [-0.2, 0) is 9.59 Å². The summed E-state index contributed by atoms with van der Waals surface area (Å²) < 4.78 is 0. The molecule has 35 heavy (non-hydrogen) atoms. The quantitative estimate of drug-likeness (QED) is 0.0718. The van der Waals surface area contributed by atoms with Gasteiger partial charge in [0.25, 0.3) is 0 Å². The molecule has 0 aromatic heterocycles. The first-order valence-electron chi connectivity index (χ1n) is 14.3. The summed E-state index contributed by atoms with van der Waals surface area (Å²) in [5, 5.41) is 28.7. The van der Waals surface area contributed by atoms with E-state index in [1.807, 2.05) is 0 Å². The van der Waals surface area contributed by atoms with E-state index < -0.39 is 22.1 Å². The van der Waals surface area contributed by atoms with Crippen LogP contribution in [0.15, 0.2) is 0 Å². The van der Waals surface area contributed by atoms with Gasteiger partial charge in [0.15, 0.2) is 5.25 Å². The Morgan fingerprint density at radius 2 is 0.943 bits per heavy atom. The molecule has 0 bridgehead atoms. The van der Waals surface area contributed by atoms with Gasteiger partial charge in [-0.25, -0.2) is 4.79 Å². The minimum absolute atomic E-state index is 0.460. The molecule has 0 aromatic rings. The molecule has 0 aliphatic heterocycles. The first kappa shape index (κ1) is 34.6. The average Bonchev–Trinajstić information content (AvgIpc) is 2.82. The van der Waals surface area contributed by atoms with Gasteiger partial charge >= 0.3 is 11.9 Å². The van der Waals surface area contributed by atoms with Crippen molar-refractivity contribution in [2.45, 2.75) is 152 Å². The first-order valence-corrected chi connectivity index (χ1v) is 16.4. The van der Waals surface area contributed by atoms with E-state index in [0.29, 0.717) is 11.5 Å². The molecule has 0 heterocycles. The average molecular weight is 535 g/mol. The summed E-state index contributed by atoms with van der Waals surface area (Å²) in [5.74, 6) is -1.68. The number of rotatable bonds is 27. The van der Waals surface area contributed by atoms with Crippen LogP contribution in [0.1, 0.15) is 142 Å². The van der Waals surface area contributed by atoms with E-state index in [1.54, 1.807) is 0 Å². The van der Waals surface area contributed by atoms with E-state index in [9.17, 15) is 24.9 Å². The van der Waals surface area contributed by atoms with Gasteiger partial charge in [-0.2, -0.15) is 0 Å². The third-order valence-electron chi connectivity index (χ3n) is 6.49. The molecule has 0 fully saturated rings. The normalized spacial score (nSPS) is 14.0. The Labute approximate surface area is 224 Å². The van der Waals surface area contributed by atoms with Gasteiger partial charge in [0.1, 0.15) is 0 Å². The maximum atomic E-state index is 11.8. The van der Waals surface area contributed by atoms with E-state index in [2.05, 4.69) is 13.8 Å². The highest BCUT2D eigenvalue weighted by molar-refractivity contribution is 8.05. The second-order valence-electron chi connectivity index (χ2n) is 9.80. The van der Waals surface area contributed by atoms with E-state index in [0.717, 1.165) is 62.0 Å². The van der Waals surface area contributed by atoms with Crippen molar-refractivity contribution in [3.05, 3.63) is 0 Å². The molecule has 2 atom stereocenters. The molecule has 5 nitrogen and oxygen atoms in total. The van der Waals surface area contributed by atoms with Crippen LogP contribution in [0, 0.1) is 0 Å². The molecular formula is C28H54O5S2. The molecule has 0 aromatic carbocycles. The Hall–Kier alpha value is -0.400. The number of carboxylic acid groups (broad SMARTS) is 2. The SMILES string of the molecule is CCCCCCCCCCCCSC(C(=O)O)C(O)(SCCCCCCCCCCCC)C(=O)O. The maximum absolute atomic E-state index is 11.8. The van der Waals surface area contributed by atoms with Crippen molar-refractivity contribution in [2.24, 2.45) is 0 Å². The second-order valence-corrected chi connectivity index (χ2v) is 12.3. The lowest BCUT2D eigenvalue weighted by molar-refractivity contribution is -0.155. The van der Waals surface area contributed by atoms with E-state index in [1.165, 1.54) is 89.9 Å². The number of carbonyl (C=O) groups is 2. The molecule has 0 aliphatic carbocycles. The molecule has 0 aliphatic rings. The van der Waals surface area contributed by atoms with Crippen LogP contribution < -0.4 is 0 Å². The van der Waals surface area contributed by atoms with Gasteiger partial charge in [0, 0.05) is 0 Å². The van der Waals surface area contributed by atoms with E-state index in [-0.39, 0.29) is 0 Å². The van der Waals surface area contributed by atoms with Crippen LogP contribution in [-0.4, -0.2) is 48.9 Å². The lowest BCUT2D eigenvalue weighted by Gasteiger charge is -2.28. The molecular weight excluding hydrogens is 480 g/mol. The molecule has 0 spiro atoms. The lowest BCUT2D eigenvalue weighted by Crippen LogP contribution is -2.49. The number of aliphatic carboxylic acids is 2. The number of hydrogen-bond acceptors (Lipinski definition) is 5.